The van der Waals surface area contributed by atoms with E-state index in [9.17, 15) is 14.0 Å². The number of amides is 3. The summed E-state index contributed by atoms with van der Waals surface area (Å²) in [5.74, 6) is -1.20. The normalized spacial score (nSPS) is 15.4. The highest BCUT2D eigenvalue weighted by Crippen LogP contribution is 2.39. The highest BCUT2D eigenvalue weighted by Gasteiger charge is 2.35. The molecule has 5 aromatic rings. The van der Waals surface area contributed by atoms with Crippen molar-refractivity contribution in [2.45, 2.75) is 32.2 Å². The second-order valence-corrected chi connectivity index (χ2v) is 12.6. The number of anilines is 1. The van der Waals surface area contributed by atoms with E-state index in [0.29, 0.717) is 11.3 Å². The molecule has 3 aromatic heterocycles. The molecule has 2 aromatic carbocycles. The van der Waals surface area contributed by atoms with Gasteiger partial charge in [0.25, 0.3) is 0 Å². The maximum Gasteiger partial charge on any atom is 0.331 e. The van der Waals surface area contributed by atoms with Gasteiger partial charge in [0.1, 0.15) is 11.6 Å². The van der Waals surface area contributed by atoms with Crippen molar-refractivity contribution < 1.29 is 23.1 Å². The topological polar surface area (TPSA) is 83.8 Å². The van der Waals surface area contributed by atoms with Gasteiger partial charge >= 0.3 is 6.03 Å². The van der Waals surface area contributed by atoms with E-state index in [1.54, 1.807) is 24.4 Å². The van der Waals surface area contributed by atoms with Crippen molar-refractivity contribution >= 4 is 39.2 Å². The predicted molar refractivity (Wildman–Crippen MR) is 172 cm³/mol. The number of aromatic nitrogens is 3. The number of likely N-dealkylation sites (tertiary alicyclic amines) is 1. The summed E-state index contributed by atoms with van der Waals surface area (Å²) in [6.07, 6.45) is 8.99. The van der Waals surface area contributed by atoms with Crippen molar-refractivity contribution in [1.82, 2.24) is 24.3 Å². The van der Waals surface area contributed by atoms with Gasteiger partial charge in [-0.25, -0.2) is 18.6 Å². The Morgan fingerprint density at radius 1 is 0.913 bits per heavy atom. The van der Waals surface area contributed by atoms with Crippen molar-refractivity contribution in [3.05, 3.63) is 90.5 Å². The molecule has 0 aliphatic carbocycles. The van der Waals surface area contributed by atoms with Crippen LogP contribution in [0.5, 0.6) is 11.5 Å². The third-order valence-corrected chi connectivity index (χ3v) is 9.54. The van der Waals surface area contributed by atoms with Gasteiger partial charge in [0.2, 0.25) is 5.91 Å². The minimum absolute atomic E-state index is 0.00362. The molecule has 12 heteroatoms. The summed E-state index contributed by atoms with van der Waals surface area (Å²) in [6, 6.07) is 13.3. The van der Waals surface area contributed by atoms with Crippen molar-refractivity contribution in [1.29, 1.82) is 0 Å². The maximum atomic E-state index is 15.2. The first-order valence-electron chi connectivity index (χ1n) is 15.4. The first-order chi connectivity index (χ1) is 22.4. The van der Waals surface area contributed by atoms with E-state index in [0.717, 1.165) is 45.2 Å². The largest absolute Gasteiger partial charge is 0.453 e. The van der Waals surface area contributed by atoms with E-state index < -0.39 is 23.6 Å². The fourth-order valence-corrected chi connectivity index (χ4v) is 7.03. The van der Waals surface area contributed by atoms with Gasteiger partial charge < -0.3 is 14.2 Å². The van der Waals surface area contributed by atoms with Gasteiger partial charge in [0.05, 0.1) is 39.2 Å². The van der Waals surface area contributed by atoms with Crippen molar-refractivity contribution in [2.24, 2.45) is 0 Å². The third-order valence-electron chi connectivity index (χ3n) is 8.38. The minimum Gasteiger partial charge on any atom is -0.453 e. The first-order valence-corrected chi connectivity index (χ1v) is 16.2. The number of para-hydroxylation sites is 1. The van der Waals surface area contributed by atoms with Crippen molar-refractivity contribution in [2.75, 3.05) is 37.6 Å². The number of hydrogen-bond donors (Lipinski definition) is 0. The molecule has 3 amide bonds. The number of imidazole rings is 1. The maximum absolute atomic E-state index is 15.2. The molecule has 0 unspecified atom stereocenters. The monoisotopic (exact) mass is 642 g/mol. The lowest BCUT2D eigenvalue weighted by molar-refractivity contribution is -0.126. The van der Waals surface area contributed by atoms with Gasteiger partial charge in [-0.15, -0.1) is 11.3 Å². The molecule has 2 saturated heterocycles. The molecular formula is C34H32F2N6O3S. The van der Waals surface area contributed by atoms with E-state index >= 15 is 4.39 Å². The number of rotatable bonds is 10. The summed E-state index contributed by atoms with van der Waals surface area (Å²) < 4.78 is 38.3. The summed E-state index contributed by atoms with van der Waals surface area (Å²) in [5, 5.41) is 0. The highest BCUT2D eigenvalue weighted by molar-refractivity contribution is 7.22. The molecule has 0 N–H and O–H groups in total. The van der Waals surface area contributed by atoms with Crippen LogP contribution >= 0.6 is 11.3 Å². The Hall–Kier alpha value is -4.68. The van der Waals surface area contributed by atoms with Crippen LogP contribution in [0.15, 0.2) is 73.3 Å². The lowest BCUT2D eigenvalue weighted by atomic mass is 10.1. The molecule has 2 aliphatic heterocycles. The molecule has 46 heavy (non-hydrogen) atoms. The van der Waals surface area contributed by atoms with Crippen LogP contribution in [0.3, 0.4) is 0 Å². The molecule has 0 radical (unpaired) electrons. The Labute approximate surface area is 268 Å². The summed E-state index contributed by atoms with van der Waals surface area (Å²) >= 11 is 1.48. The average Bonchev–Trinajstić information content (AvgIpc) is 3.86. The summed E-state index contributed by atoms with van der Waals surface area (Å²) in [5.41, 5.74) is 2.09. The van der Waals surface area contributed by atoms with E-state index in [1.807, 2.05) is 18.6 Å². The zero-order valence-electron chi connectivity index (χ0n) is 25.1. The fraction of sp³-hybridized carbons (Fsp3) is 0.294. The van der Waals surface area contributed by atoms with Gasteiger partial charge in [-0.1, -0.05) is 18.2 Å². The van der Waals surface area contributed by atoms with Crippen LogP contribution in [0.1, 0.15) is 24.8 Å². The number of imide groups is 1. The number of hydrogen-bond acceptors (Lipinski definition) is 7. The molecule has 5 heterocycles. The van der Waals surface area contributed by atoms with Gasteiger partial charge in [0.15, 0.2) is 11.6 Å². The minimum atomic E-state index is -0.638. The number of halogens is 2. The Balaban J connectivity index is 1.00. The number of carbonyl (C=O) groups excluding carboxylic acids is 2. The van der Waals surface area contributed by atoms with Crippen molar-refractivity contribution in [3.8, 4) is 22.1 Å². The van der Waals surface area contributed by atoms with Crippen LogP contribution in [-0.2, 0) is 17.8 Å². The lowest BCUT2D eigenvalue weighted by Gasteiger charge is -2.18. The highest BCUT2D eigenvalue weighted by atomic mass is 32.1. The quantitative estimate of drug-likeness (QED) is 0.168. The van der Waals surface area contributed by atoms with Crippen LogP contribution in [0, 0.1) is 11.6 Å². The number of pyridine rings is 1. The van der Waals surface area contributed by atoms with Crippen molar-refractivity contribution in [3.63, 3.8) is 0 Å². The van der Waals surface area contributed by atoms with Crippen LogP contribution in [0.25, 0.3) is 20.8 Å². The van der Waals surface area contributed by atoms with E-state index in [4.69, 9.17) is 4.74 Å². The van der Waals surface area contributed by atoms with Crippen LogP contribution in [0.2, 0.25) is 0 Å². The SMILES string of the molecule is O=C(Cc1ccc(Oc2ccnc3cc(-c4cn(CCCN5CCCC5)cn4)sc23)c(F)c1)N1CCN(c2ccccc2F)C1=O. The molecule has 0 spiro atoms. The number of aryl methyl sites for hydroxylation is 1. The lowest BCUT2D eigenvalue weighted by Crippen LogP contribution is -2.37. The van der Waals surface area contributed by atoms with Crippen LogP contribution < -0.4 is 9.64 Å². The van der Waals surface area contributed by atoms with E-state index in [1.165, 1.54) is 72.5 Å². The molecule has 7 rings (SSSR count). The van der Waals surface area contributed by atoms with Gasteiger partial charge in [0, 0.05) is 38.1 Å². The van der Waals surface area contributed by atoms with Gasteiger partial charge in [-0.2, -0.15) is 0 Å². The summed E-state index contributed by atoms with van der Waals surface area (Å²) in [6.45, 7) is 4.70. The van der Waals surface area contributed by atoms with Gasteiger partial charge in [-0.3, -0.25) is 19.6 Å². The number of fused-ring (bicyclic) bond motifs is 1. The third kappa shape index (κ3) is 6.22. The fourth-order valence-electron chi connectivity index (χ4n) is 6.00. The predicted octanol–water partition coefficient (Wildman–Crippen LogP) is 6.73. The molecule has 236 valence electrons. The van der Waals surface area contributed by atoms with E-state index in [2.05, 4.69) is 19.4 Å². The Morgan fingerprint density at radius 3 is 2.59 bits per heavy atom. The summed E-state index contributed by atoms with van der Waals surface area (Å²) in [7, 11) is 0. The zero-order valence-corrected chi connectivity index (χ0v) is 25.9. The number of carbonyl (C=O) groups is 2. The number of benzene rings is 2. The molecule has 0 saturated carbocycles. The molecule has 2 fully saturated rings. The Kier molecular flexibility index (Phi) is 8.46. The molecule has 0 bridgehead atoms. The Morgan fingerprint density at radius 2 is 1.76 bits per heavy atom. The second-order valence-electron chi connectivity index (χ2n) is 11.5. The average molecular weight is 643 g/mol. The zero-order chi connectivity index (χ0) is 31.6. The van der Waals surface area contributed by atoms with Gasteiger partial charge in [-0.05, 0) is 74.8 Å². The van der Waals surface area contributed by atoms with Crippen LogP contribution in [0.4, 0.5) is 19.3 Å². The van der Waals surface area contributed by atoms with E-state index in [-0.39, 0.29) is 30.9 Å². The molecule has 9 nitrogen and oxygen atoms in total. The number of thiophene rings is 1. The second kappa shape index (κ2) is 13.0. The Bertz CT molecular complexity index is 1900. The first kappa shape index (κ1) is 30.0. The molecule has 2 aliphatic rings. The van der Waals surface area contributed by atoms with Crippen LogP contribution in [-0.4, -0.2) is 69.0 Å². The summed E-state index contributed by atoms with van der Waals surface area (Å²) in [4.78, 5) is 40.7. The number of ether oxygens (including phenoxy) is 1. The number of nitrogens with zero attached hydrogens (tertiary/aromatic N) is 6. The molecule has 0 atom stereocenters. The smallest absolute Gasteiger partial charge is 0.331 e. The number of urea groups is 1. The molecular weight excluding hydrogens is 610 g/mol. The standard InChI is InChI=1S/C34H32F2N6O3S/c35-24-6-1-2-7-28(24)41-16-17-42(34(41)44)32(43)19-23-8-9-29(25(36)18-23)45-30-10-11-37-26-20-31(46-33(26)30)27-21-40(22-38-27)15-5-14-39-12-3-4-13-39/h1-2,6-11,18,20-22H,3-5,12-17,19H2.